The fourth-order valence-electron chi connectivity index (χ4n) is 3.54. The third kappa shape index (κ3) is 5.59. The normalized spacial score (nSPS) is 12.2. The lowest BCUT2D eigenvalue weighted by atomic mass is 10.1. The van der Waals surface area contributed by atoms with E-state index in [4.69, 9.17) is 16.3 Å². The molecule has 182 valence electrons. The molecule has 4 rings (SSSR count). The van der Waals surface area contributed by atoms with Crippen molar-refractivity contribution in [1.82, 2.24) is 9.55 Å². The summed E-state index contributed by atoms with van der Waals surface area (Å²) in [6, 6.07) is 13.4. The Morgan fingerprint density at radius 1 is 0.857 bits per heavy atom. The van der Waals surface area contributed by atoms with Gasteiger partial charge in [-0.25, -0.2) is 9.78 Å². The van der Waals surface area contributed by atoms with Crippen molar-refractivity contribution in [2.24, 2.45) is 0 Å². The second-order valence-corrected chi connectivity index (χ2v) is 8.01. The van der Waals surface area contributed by atoms with Gasteiger partial charge in [0.25, 0.3) is 0 Å². The number of fused-ring (bicyclic) bond motifs is 1. The Labute approximate surface area is 199 Å². The van der Waals surface area contributed by atoms with Crippen molar-refractivity contribution in [3.8, 4) is 0 Å². The number of alkyl halides is 6. The second-order valence-electron chi connectivity index (χ2n) is 7.63. The number of pyridine rings is 1. The first-order chi connectivity index (χ1) is 16.4. The molecule has 0 radical (unpaired) electrons. The van der Waals surface area contributed by atoms with Gasteiger partial charge in [-0.2, -0.15) is 26.3 Å². The van der Waals surface area contributed by atoms with E-state index in [1.165, 1.54) is 41.0 Å². The number of carbonyl (C=O) groups excluding carboxylic acids is 1. The van der Waals surface area contributed by atoms with Crippen LogP contribution in [0.1, 0.15) is 32.7 Å². The molecule has 35 heavy (non-hydrogen) atoms. The van der Waals surface area contributed by atoms with Crippen molar-refractivity contribution < 1.29 is 35.9 Å². The molecule has 0 unspecified atom stereocenters. The summed E-state index contributed by atoms with van der Waals surface area (Å²) in [5.74, 6) is -0.886. The molecular formula is C24H15ClF6N2O2. The van der Waals surface area contributed by atoms with E-state index in [0.29, 0.717) is 11.0 Å². The van der Waals surface area contributed by atoms with E-state index in [1.807, 2.05) is 0 Å². The Bertz CT molecular complexity index is 1400. The zero-order valence-corrected chi connectivity index (χ0v) is 18.4. The number of halogens is 7. The third-order valence-electron chi connectivity index (χ3n) is 5.15. The fourth-order valence-corrected chi connectivity index (χ4v) is 3.70. The molecule has 0 amide bonds. The van der Waals surface area contributed by atoms with Crippen molar-refractivity contribution in [1.29, 1.82) is 0 Å². The molecule has 11 heteroatoms. The van der Waals surface area contributed by atoms with Gasteiger partial charge in [0.1, 0.15) is 17.5 Å². The summed E-state index contributed by atoms with van der Waals surface area (Å²) >= 11 is 5.93. The molecule has 4 nitrogen and oxygen atoms in total. The fraction of sp³-hybridized carbons (Fsp3) is 0.167. The monoisotopic (exact) mass is 512 g/mol. The highest BCUT2D eigenvalue weighted by atomic mass is 35.5. The van der Waals surface area contributed by atoms with Crippen molar-refractivity contribution in [2.45, 2.75) is 25.5 Å². The average molecular weight is 513 g/mol. The van der Waals surface area contributed by atoms with Crippen LogP contribution in [-0.4, -0.2) is 15.5 Å². The zero-order chi connectivity index (χ0) is 25.4. The number of benzene rings is 2. The van der Waals surface area contributed by atoms with Crippen LogP contribution in [0.5, 0.6) is 0 Å². The van der Waals surface area contributed by atoms with Gasteiger partial charge in [0.15, 0.2) is 0 Å². The predicted octanol–water partition coefficient (Wildman–Crippen LogP) is 7.13. The van der Waals surface area contributed by atoms with Crippen LogP contribution in [0.4, 0.5) is 26.3 Å². The molecule has 0 aliphatic carbocycles. The summed E-state index contributed by atoms with van der Waals surface area (Å²) in [5.41, 5.74) is -0.675. The Morgan fingerprint density at radius 2 is 1.46 bits per heavy atom. The summed E-state index contributed by atoms with van der Waals surface area (Å²) in [6.45, 7) is -0.563. The molecule has 0 aliphatic rings. The second kappa shape index (κ2) is 9.26. The maximum Gasteiger partial charge on any atom is 0.416 e. The molecule has 0 fully saturated rings. The van der Waals surface area contributed by atoms with Crippen molar-refractivity contribution in [2.75, 3.05) is 0 Å². The standard InChI is InChI=1S/C24H15ClF6N2O2/c25-21-8-7-19-18(32-21)11-20(33(19)12-14-3-1-5-16(9-14)23(26,27)28)22(34)35-13-15-4-2-6-17(10-15)24(29,30)31/h1-11H,12-13H2. The molecule has 0 N–H and O–H groups in total. The first-order valence-electron chi connectivity index (χ1n) is 10.1. The van der Waals surface area contributed by atoms with Gasteiger partial charge in [0, 0.05) is 6.54 Å². The number of carbonyl (C=O) groups is 1. The smallest absolute Gasteiger partial charge is 0.416 e. The van der Waals surface area contributed by atoms with E-state index in [-0.39, 0.29) is 28.5 Å². The quantitative estimate of drug-likeness (QED) is 0.162. The summed E-state index contributed by atoms with van der Waals surface area (Å²) in [5, 5.41) is 0.137. The van der Waals surface area contributed by atoms with Crippen LogP contribution < -0.4 is 0 Å². The Kier molecular flexibility index (Phi) is 6.50. The summed E-state index contributed by atoms with van der Waals surface area (Å²) in [7, 11) is 0. The largest absolute Gasteiger partial charge is 0.456 e. The highest BCUT2D eigenvalue weighted by molar-refractivity contribution is 6.29. The van der Waals surface area contributed by atoms with Gasteiger partial charge in [-0.15, -0.1) is 0 Å². The minimum atomic E-state index is -4.55. The molecule has 0 aliphatic heterocycles. The highest BCUT2D eigenvalue weighted by Crippen LogP contribution is 2.31. The average Bonchev–Trinajstić information content (AvgIpc) is 3.14. The van der Waals surface area contributed by atoms with E-state index in [0.717, 1.165) is 24.3 Å². The number of hydrogen-bond acceptors (Lipinski definition) is 3. The molecule has 2 heterocycles. The molecule has 0 spiro atoms. The van der Waals surface area contributed by atoms with Crippen LogP contribution in [0.15, 0.2) is 66.7 Å². The van der Waals surface area contributed by atoms with Gasteiger partial charge in [0.2, 0.25) is 0 Å². The van der Waals surface area contributed by atoms with E-state index < -0.39 is 36.1 Å². The number of hydrogen-bond donors (Lipinski definition) is 0. The Balaban J connectivity index is 1.65. The van der Waals surface area contributed by atoms with E-state index in [9.17, 15) is 31.1 Å². The lowest BCUT2D eigenvalue weighted by molar-refractivity contribution is -0.138. The molecule has 2 aromatic heterocycles. The van der Waals surface area contributed by atoms with Gasteiger partial charge >= 0.3 is 18.3 Å². The molecule has 0 atom stereocenters. The Hall–Kier alpha value is -3.53. The molecule has 2 aromatic carbocycles. The molecule has 0 bridgehead atoms. The maximum atomic E-state index is 13.1. The number of aromatic nitrogens is 2. The van der Waals surface area contributed by atoms with E-state index >= 15 is 0 Å². The number of rotatable bonds is 5. The van der Waals surface area contributed by atoms with Gasteiger partial charge in [0.05, 0.1) is 22.2 Å². The molecule has 0 saturated carbocycles. The first-order valence-corrected chi connectivity index (χ1v) is 10.4. The topological polar surface area (TPSA) is 44.1 Å². The Morgan fingerprint density at radius 3 is 2.09 bits per heavy atom. The summed E-state index contributed by atoms with van der Waals surface area (Å²) in [6.07, 6.45) is -9.10. The summed E-state index contributed by atoms with van der Waals surface area (Å²) < 4.78 is 84.9. The third-order valence-corrected chi connectivity index (χ3v) is 5.36. The highest BCUT2D eigenvalue weighted by Gasteiger charge is 2.31. The number of esters is 1. The van der Waals surface area contributed by atoms with Gasteiger partial charge < -0.3 is 9.30 Å². The lowest BCUT2D eigenvalue weighted by Crippen LogP contribution is -2.14. The van der Waals surface area contributed by atoms with Crippen LogP contribution in [0.25, 0.3) is 11.0 Å². The van der Waals surface area contributed by atoms with Crippen LogP contribution in [0.3, 0.4) is 0 Å². The van der Waals surface area contributed by atoms with Crippen LogP contribution in [0, 0.1) is 0 Å². The predicted molar refractivity (Wildman–Crippen MR) is 116 cm³/mol. The molecule has 4 aromatic rings. The molecular weight excluding hydrogens is 498 g/mol. The molecule has 0 saturated heterocycles. The van der Waals surface area contributed by atoms with E-state index in [1.54, 1.807) is 6.07 Å². The summed E-state index contributed by atoms with van der Waals surface area (Å²) in [4.78, 5) is 17.0. The van der Waals surface area contributed by atoms with Crippen molar-refractivity contribution in [3.05, 3.63) is 99.8 Å². The first kappa shape index (κ1) is 24.6. The van der Waals surface area contributed by atoms with E-state index in [2.05, 4.69) is 4.98 Å². The van der Waals surface area contributed by atoms with Crippen molar-refractivity contribution in [3.63, 3.8) is 0 Å². The minimum Gasteiger partial charge on any atom is -0.456 e. The number of nitrogens with zero attached hydrogens (tertiary/aromatic N) is 2. The van der Waals surface area contributed by atoms with Gasteiger partial charge in [-0.3, -0.25) is 0 Å². The minimum absolute atomic E-state index is 0.0424. The van der Waals surface area contributed by atoms with Crippen molar-refractivity contribution >= 4 is 28.6 Å². The lowest BCUT2D eigenvalue weighted by Gasteiger charge is -2.13. The van der Waals surface area contributed by atoms with Gasteiger partial charge in [-0.1, -0.05) is 35.9 Å². The number of ether oxygens (including phenoxy) is 1. The van der Waals surface area contributed by atoms with Gasteiger partial charge in [-0.05, 0) is 53.6 Å². The van der Waals surface area contributed by atoms with Crippen LogP contribution >= 0.6 is 11.6 Å². The SMILES string of the molecule is O=C(OCc1cccc(C(F)(F)F)c1)c1cc2nc(Cl)ccc2n1Cc1cccc(C(F)(F)F)c1. The van der Waals surface area contributed by atoms with Crippen LogP contribution in [-0.2, 0) is 30.2 Å². The zero-order valence-electron chi connectivity index (χ0n) is 17.6. The van der Waals surface area contributed by atoms with Crippen LogP contribution in [0.2, 0.25) is 5.15 Å². The maximum absolute atomic E-state index is 13.1.